The van der Waals surface area contributed by atoms with E-state index in [1.165, 1.54) is 12.8 Å². The molecule has 1 aliphatic rings. The molecule has 0 heterocycles. The molecule has 0 saturated heterocycles. The van der Waals surface area contributed by atoms with E-state index >= 15 is 0 Å². The maximum atomic E-state index is 5.67. The van der Waals surface area contributed by atoms with Crippen LogP contribution in [0, 0.1) is 5.92 Å². The number of nitrogens with one attached hydrogen (secondary N) is 1. The molecular formula is C15H23NO2. The van der Waals surface area contributed by atoms with Gasteiger partial charge >= 0.3 is 0 Å². The summed E-state index contributed by atoms with van der Waals surface area (Å²) in [5.41, 5.74) is 0. The highest BCUT2D eigenvalue weighted by Gasteiger charge is 2.27. The van der Waals surface area contributed by atoms with Gasteiger partial charge < -0.3 is 14.8 Å². The summed E-state index contributed by atoms with van der Waals surface area (Å²) in [6, 6.07) is 8.43. The minimum atomic E-state index is 0.633. The molecule has 18 heavy (non-hydrogen) atoms. The molecule has 3 nitrogen and oxygen atoms in total. The second-order valence-electron chi connectivity index (χ2n) is 4.83. The van der Waals surface area contributed by atoms with E-state index in [1.807, 2.05) is 31.2 Å². The summed E-state index contributed by atoms with van der Waals surface area (Å²) < 4.78 is 11.1. The van der Waals surface area contributed by atoms with Crippen LogP contribution in [0.4, 0.5) is 0 Å². The summed E-state index contributed by atoms with van der Waals surface area (Å²) in [5.74, 6) is 2.69. The van der Waals surface area contributed by atoms with Crippen LogP contribution in [-0.4, -0.2) is 25.8 Å². The second-order valence-corrected chi connectivity index (χ2v) is 4.83. The Hall–Kier alpha value is -1.22. The van der Waals surface area contributed by atoms with E-state index in [9.17, 15) is 0 Å². The van der Waals surface area contributed by atoms with Gasteiger partial charge in [0, 0.05) is 12.6 Å². The fraction of sp³-hybridized carbons (Fsp3) is 0.600. The highest BCUT2D eigenvalue weighted by atomic mass is 16.5. The van der Waals surface area contributed by atoms with Gasteiger partial charge in [-0.2, -0.15) is 0 Å². The van der Waals surface area contributed by atoms with Crippen LogP contribution in [0.1, 0.15) is 26.7 Å². The highest BCUT2D eigenvalue weighted by molar-refractivity contribution is 5.31. The standard InChI is InChI=1S/C15H23NO2/c1-3-17-14-6-8-15(9-7-14)18-11-10-16-12(2)13-4-5-13/h6-9,12-13,16H,3-5,10-11H2,1-2H3. The smallest absolute Gasteiger partial charge is 0.119 e. The van der Waals surface area contributed by atoms with E-state index in [2.05, 4.69) is 12.2 Å². The molecule has 1 aromatic carbocycles. The van der Waals surface area contributed by atoms with Crippen molar-refractivity contribution in [1.82, 2.24) is 5.32 Å². The predicted octanol–water partition coefficient (Wildman–Crippen LogP) is 2.85. The van der Waals surface area contributed by atoms with Crippen molar-refractivity contribution in [3.05, 3.63) is 24.3 Å². The van der Waals surface area contributed by atoms with Crippen molar-refractivity contribution in [2.75, 3.05) is 19.8 Å². The van der Waals surface area contributed by atoms with E-state index < -0.39 is 0 Å². The number of hydrogen-bond acceptors (Lipinski definition) is 3. The SMILES string of the molecule is CCOc1ccc(OCCNC(C)C2CC2)cc1. The molecule has 1 aliphatic carbocycles. The van der Waals surface area contributed by atoms with Gasteiger partial charge in [-0.1, -0.05) is 0 Å². The molecule has 2 rings (SSSR count). The molecular weight excluding hydrogens is 226 g/mol. The number of ether oxygens (including phenoxy) is 2. The molecule has 3 heteroatoms. The van der Waals surface area contributed by atoms with E-state index in [4.69, 9.17) is 9.47 Å². The molecule has 1 N–H and O–H groups in total. The average molecular weight is 249 g/mol. The van der Waals surface area contributed by atoms with Gasteiger partial charge in [0.15, 0.2) is 0 Å². The quantitative estimate of drug-likeness (QED) is 0.719. The zero-order chi connectivity index (χ0) is 12.8. The lowest BCUT2D eigenvalue weighted by atomic mass is 10.2. The zero-order valence-corrected chi connectivity index (χ0v) is 11.3. The van der Waals surface area contributed by atoms with E-state index in [1.54, 1.807) is 0 Å². The Morgan fingerprint density at radius 3 is 2.33 bits per heavy atom. The Morgan fingerprint density at radius 2 is 1.78 bits per heavy atom. The van der Waals surface area contributed by atoms with Crippen LogP contribution < -0.4 is 14.8 Å². The Balaban J connectivity index is 1.63. The topological polar surface area (TPSA) is 30.5 Å². The van der Waals surface area contributed by atoms with Crippen molar-refractivity contribution in [3.63, 3.8) is 0 Å². The second kappa shape index (κ2) is 6.64. The van der Waals surface area contributed by atoms with Gasteiger partial charge in [0.25, 0.3) is 0 Å². The summed E-state index contributed by atoms with van der Waals surface area (Å²) in [4.78, 5) is 0. The molecule has 0 aromatic heterocycles. The van der Waals surface area contributed by atoms with Crippen molar-refractivity contribution in [3.8, 4) is 11.5 Å². The Morgan fingerprint density at radius 1 is 1.17 bits per heavy atom. The van der Waals surface area contributed by atoms with Gasteiger partial charge in [-0.3, -0.25) is 0 Å². The van der Waals surface area contributed by atoms with Crippen molar-refractivity contribution in [2.45, 2.75) is 32.7 Å². The van der Waals surface area contributed by atoms with Crippen LogP contribution in [-0.2, 0) is 0 Å². The molecule has 1 atom stereocenters. The van der Waals surface area contributed by atoms with Gasteiger partial charge in [0.05, 0.1) is 6.61 Å². The molecule has 0 spiro atoms. The van der Waals surface area contributed by atoms with Crippen molar-refractivity contribution in [2.24, 2.45) is 5.92 Å². The molecule has 0 radical (unpaired) electrons. The van der Waals surface area contributed by atoms with E-state index in [0.29, 0.717) is 19.3 Å². The zero-order valence-electron chi connectivity index (χ0n) is 11.3. The lowest BCUT2D eigenvalue weighted by Crippen LogP contribution is -2.31. The summed E-state index contributed by atoms with van der Waals surface area (Å²) in [6.07, 6.45) is 2.77. The normalized spacial score (nSPS) is 16.3. The molecule has 100 valence electrons. The van der Waals surface area contributed by atoms with Crippen molar-refractivity contribution >= 4 is 0 Å². The average Bonchev–Trinajstić information content (AvgIpc) is 3.21. The molecule has 0 amide bonds. The molecule has 0 aliphatic heterocycles. The van der Waals surface area contributed by atoms with Crippen molar-refractivity contribution < 1.29 is 9.47 Å². The van der Waals surface area contributed by atoms with Crippen LogP contribution in [0.3, 0.4) is 0 Å². The van der Waals surface area contributed by atoms with Crippen LogP contribution in [0.25, 0.3) is 0 Å². The molecule has 1 unspecified atom stereocenters. The van der Waals surface area contributed by atoms with Crippen molar-refractivity contribution in [1.29, 1.82) is 0 Å². The minimum absolute atomic E-state index is 0.633. The largest absolute Gasteiger partial charge is 0.494 e. The summed E-state index contributed by atoms with van der Waals surface area (Å²) in [6.45, 7) is 6.56. The minimum Gasteiger partial charge on any atom is -0.494 e. The maximum absolute atomic E-state index is 5.67. The third kappa shape index (κ3) is 4.22. The third-order valence-electron chi connectivity index (χ3n) is 3.30. The number of benzene rings is 1. The lowest BCUT2D eigenvalue weighted by molar-refractivity contribution is 0.301. The van der Waals surface area contributed by atoms with Gasteiger partial charge in [-0.25, -0.2) is 0 Å². The van der Waals surface area contributed by atoms with Crippen LogP contribution in [0.15, 0.2) is 24.3 Å². The number of rotatable bonds is 8. The monoisotopic (exact) mass is 249 g/mol. The lowest BCUT2D eigenvalue weighted by Gasteiger charge is -2.13. The Bertz CT molecular complexity index is 346. The molecule has 1 aromatic rings. The number of hydrogen-bond donors (Lipinski definition) is 1. The first-order valence-electron chi connectivity index (χ1n) is 6.88. The van der Waals surface area contributed by atoms with Crippen LogP contribution in [0.5, 0.6) is 11.5 Å². The Labute approximate surface area is 109 Å². The molecule has 1 fully saturated rings. The van der Waals surface area contributed by atoms with Crippen LogP contribution >= 0.6 is 0 Å². The summed E-state index contributed by atoms with van der Waals surface area (Å²) in [7, 11) is 0. The Kier molecular flexibility index (Phi) is 4.88. The third-order valence-corrected chi connectivity index (χ3v) is 3.30. The summed E-state index contributed by atoms with van der Waals surface area (Å²) in [5, 5.41) is 3.50. The fourth-order valence-corrected chi connectivity index (χ4v) is 2.02. The van der Waals surface area contributed by atoms with E-state index in [0.717, 1.165) is 24.0 Å². The van der Waals surface area contributed by atoms with Gasteiger partial charge in [-0.05, 0) is 56.9 Å². The van der Waals surface area contributed by atoms with E-state index in [-0.39, 0.29) is 0 Å². The first-order valence-corrected chi connectivity index (χ1v) is 6.88. The van der Waals surface area contributed by atoms with Crippen LogP contribution in [0.2, 0.25) is 0 Å². The summed E-state index contributed by atoms with van der Waals surface area (Å²) >= 11 is 0. The first kappa shape index (κ1) is 13.2. The maximum Gasteiger partial charge on any atom is 0.119 e. The van der Waals surface area contributed by atoms with Gasteiger partial charge in [0.2, 0.25) is 0 Å². The molecule has 0 bridgehead atoms. The van der Waals surface area contributed by atoms with Gasteiger partial charge in [0.1, 0.15) is 18.1 Å². The first-order chi connectivity index (χ1) is 8.79. The highest BCUT2D eigenvalue weighted by Crippen LogP contribution is 2.32. The molecule has 1 saturated carbocycles. The predicted molar refractivity (Wildman–Crippen MR) is 73.3 cm³/mol. The fourth-order valence-electron chi connectivity index (χ4n) is 2.02. The van der Waals surface area contributed by atoms with Gasteiger partial charge in [-0.15, -0.1) is 0 Å².